The summed E-state index contributed by atoms with van der Waals surface area (Å²) in [4.78, 5) is 27.4. The first kappa shape index (κ1) is 27.0. The number of piperidine rings is 1. The number of pyridine rings is 1. The minimum absolute atomic E-state index is 0.142. The van der Waals surface area contributed by atoms with Crippen molar-refractivity contribution in [2.24, 2.45) is 5.92 Å². The SMILES string of the molecule is Nc1cc2cnc(Nc3ccc(N4CCC(CCCN5CCOCC5)CC4)cc3)nc2n(C2CCCCC2)c1=O. The van der Waals surface area contributed by atoms with Crippen LogP contribution >= 0.6 is 0 Å². The van der Waals surface area contributed by atoms with Gasteiger partial charge in [-0.25, -0.2) is 4.98 Å². The van der Waals surface area contributed by atoms with Crippen LogP contribution in [-0.2, 0) is 4.74 Å². The van der Waals surface area contributed by atoms with Gasteiger partial charge in [0.15, 0.2) is 0 Å². The highest BCUT2D eigenvalue weighted by Crippen LogP contribution is 2.31. The van der Waals surface area contributed by atoms with E-state index in [2.05, 4.69) is 44.4 Å². The minimum atomic E-state index is -0.144. The lowest BCUT2D eigenvalue weighted by atomic mass is 9.92. The van der Waals surface area contributed by atoms with E-state index in [0.717, 1.165) is 82.1 Å². The van der Waals surface area contributed by atoms with Crippen molar-refractivity contribution in [3.05, 3.63) is 46.9 Å². The van der Waals surface area contributed by atoms with Gasteiger partial charge in [0.05, 0.1) is 18.9 Å². The molecule has 4 heterocycles. The van der Waals surface area contributed by atoms with E-state index >= 15 is 0 Å². The predicted molar refractivity (Wildman–Crippen MR) is 161 cm³/mol. The Labute approximate surface area is 236 Å². The second kappa shape index (κ2) is 12.6. The van der Waals surface area contributed by atoms with Gasteiger partial charge in [-0.15, -0.1) is 0 Å². The molecule has 2 aliphatic heterocycles. The van der Waals surface area contributed by atoms with Crippen molar-refractivity contribution >= 4 is 34.0 Å². The molecule has 0 atom stereocenters. The highest BCUT2D eigenvalue weighted by atomic mass is 16.5. The summed E-state index contributed by atoms with van der Waals surface area (Å²) in [5.74, 6) is 1.33. The number of rotatable bonds is 8. The molecule has 0 bridgehead atoms. The van der Waals surface area contributed by atoms with Crippen LogP contribution in [0.1, 0.15) is 63.8 Å². The molecule has 1 saturated carbocycles. The fourth-order valence-electron chi connectivity index (χ4n) is 6.67. The van der Waals surface area contributed by atoms with Gasteiger partial charge in [0.25, 0.3) is 5.56 Å². The van der Waals surface area contributed by atoms with E-state index in [1.807, 2.05) is 4.57 Å². The molecule has 0 amide bonds. The average molecular weight is 546 g/mol. The van der Waals surface area contributed by atoms with Gasteiger partial charge in [-0.2, -0.15) is 4.98 Å². The molecule has 214 valence electrons. The Balaban J connectivity index is 1.06. The third-order valence-electron chi connectivity index (χ3n) is 9.03. The van der Waals surface area contributed by atoms with Crippen LogP contribution in [0.2, 0.25) is 0 Å². The average Bonchev–Trinajstić information content (AvgIpc) is 3.00. The molecule has 0 spiro atoms. The number of nitrogens with two attached hydrogens (primary N) is 1. The van der Waals surface area contributed by atoms with E-state index < -0.39 is 0 Å². The highest BCUT2D eigenvalue weighted by molar-refractivity contribution is 5.79. The molecule has 3 N–H and O–H groups in total. The quantitative estimate of drug-likeness (QED) is 0.410. The fraction of sp³-hybridized carbons (Fsp3) is 0.581. The Morgan fingerprint density at radius 3 is 2.48 bits per heavy atom. The number of fused-ring (bicyclic) bond motifs is 1. The molecule has 9 heteroatoms. The highest BCUT2D eigenvalue weighted by Gasteiger charge is 2.22. The van der Waals surface area contributed by atoms with Crippen LogP contribution < -0.4 is 21.5 Å². The normalized spacial score (nSPS) is 19.8. The molecule has 1 aromatic carbocycles. The third kappa shape index (κ3) is 6.25. The van der Waals surface area contributed by atoms with Crippen LogP contribution in [0.25, 0.3) is 11.0 Å². The Morgan fingerprint density at radius 2 is 1.73 bits per heavy atom. The summed E-state index contributed by atoms with van der Waals surface area (Å²) in [5.41, 5.74) is 9.04. The number of nitrogens with zero attached hydrogens (tertiary/aromatic N) is 5. The summed E-state index contributed by atoms with van der Waals surface area (Å²) in [7, 11) is 0. The van der Waals surface area contributed by atoms with Gasteiger partial charge in [-0.1, -0.05) is 19.3 Å². The summed E-state index contributed by atoms with van der Waals surface area (Å²) in [6.45, 7) is 7.40. The van der Waals surface area contributed by atoms with Crippen LogP contribution in [0.5, 0.6) is 0 Å². The molecule has 6 rings (SSSR count). The van der Waals surface area contributed by atoms with Gasteiger partial charge < -0.3 is 20.7 Å². The van der Waals surface area contributed by atoms with Crippen molar-refractivity contribution in [3.8, 4) is 0 Å². The first-order valence-corrected chi connectivity index (χ1v) is 15.2. The van der Waals surface area contributed by atoms with E-state index in [4.69, 9.17) is 15.5 Å². The monoisotopic (exact) mass is 545 g/mol. The van der Waals surface area contributed by atoms with E-state index in [-0.39, 0.29) is 17.3 Å². The van der Waals surface area contributed by atoms with Crippen molar-refractivity contribution in [2.45, 2.75) is 63.8 Å². The Kier molecular flexibility index (Phi) is 8.48. The molecule has 3 aliphatic rings. The summed E-state index contributed by atoms with van der Waals surface area (Å²) < 4.78 is 7.27. The summed E-state index contributed by atoms with van der Waals surface area (Å²) in [5, 5.41) is 4.15. The third-order valence-corrected chi connectivity index (χ3v) is 9.03. The number of nitrogen functional groups attached to an aromatic ring is 1. The fourth-order valence-corrected chi connectivity index (χ4v) is 6.67. The van der Waals surface area contributed by atoms with Gasteiger partial charge in [0.2, 0.25) is 5.95 Å². The summed E-state index contributed by atoms with van der Waals surface area (Å²) in [6, 6.07) is 10.4. The van der Waals surface area contributed by atoms with E-state index in [1.165, 1.54) is 44.3 Å². The number of benzene rings is 1. The molecule has 1 aliphatic carbocycles. The standard InChI is InChI=1S/C31H43N7O2/c32-28-21-24-22-33-31(35-29(24)38(30(28)39)27-6-2-1-3-7-27)34-25-8-10-26(11-9-25)37-15-12-23(13-16-37)5-4-14-36-17-19-40-20-18-36/h8-11,21-23,27H,1-7,12-20,32H2,(H,33,34,35). The lowest BCUT2D eigenvalue weighted by Gasteiger charge is -2.34. The molecule has 40 heavy (non-hydrogen) atoms. The molecule has 9 nitrogen and oxygen atoms in total. The Hall–Kier alpha value is -3.17. The maximum Gasteiger partial charge on any atom is 0.275 e. The molecule has 3 aromatic rings. The second-order valence-electron chi connectivity index (χ2n) is 11.7. The molecule has 0 unspecified atom stereocenters. The van der Waals surface area contributed by atoms with E-state index in [0.29, 0.717) is 11.6 Å². The molecule has 0 radical (unpaired) electrons. The van der Waals surface area contributed by atoms with Gasteiger partial charge in [-0.05, 0) is 81.3 Å². The van der Waals surface area contributed by atoms with Gasteiger partial charge in [0.1, 0.15) is 5.65 Å². The topological polar surface area (TPSA) is 102 Å². The smallest absolute Gasteiger partial charge is 0.275 e. The Bertz CT molecular complexity index is 1320. The second-order valence-corrected chi connectivity index (χ2v) is 11.7. The number of hydrogen-bond donors (Lipinski definition) is 2. The molecule has 2 aromatic heterocycles. The number of aromatic nitrogens is 3. The largest absolute Gasteiger partial charge is 0.394 e. The molecule has 2 saturated heterocycles. The number of nitrogens with one attached hydrogen (secondary N) is 1. The number of hydrogen-bond acceptors (Lipinski definition) is 8. The molecule has 3 fully saturated rings. The van der Waals surface area contributed by atoms with Gasteiger partial charge in [0, 0.05) is 55.2 Å². The van der Waals surface area contributed by atoms with Gasteiger partial charge in [-0.3, -0.25) is 14.3 Å². The van der Waals surface area contributed by atoms with E-state index in [1.54, 1.807) is 12.3 Å². The lowest BCUT2D eigenvalue weighted by molar-refractivity contribution is 0.0365. The van der Waals surface area contributed by atoms with Crippen molar-refractivity contribution in [3.63, 3.8) is 0 Å². The van der Waals surface area contributed by atoms with Crippen molar-refractivity contribution in [1.29, 1.82) is 0 Å². The number of ether oxygens (including phenoxy) is 1. The molecular weight excluding hydrogens is 502 g/mol. The Morgan fingerprint density at radius 1 is 0.975 bits per heavy atom. The van der Waals surface area contributed by atoms with Crippen LogP contribution in [-0.4, -0.2) is 65.4 Å². The molecular formula is C31H43N7O2. The zero-order valence-electron chi connectivity index (χ0n) is 23.6. The maximum absolute atomic E-state index is 13.0. The van der Waals surface area contributed by atoms with Crippen LogP contribution in [0.4, 0.5) is 23.0 Å². The van der Waals surface area contributed by atoms with Crippen LogP contribution in [0.3, 0.4) is 0 Å². The zero-order chi connectivity index (χ0) is 27.3. The number of anilines is 4. The van der Waals surface area contributed by atoms with Crippen molar-refractivity contribution in [2.75, 3.05) is 61.9 Å². The first-order chi connectivity index (χ1) is 19.6. The van der Waals surface area contributed by atoms with Crippen molar-refractivity contribution in [1.82, 2.24) is 19.4 Å². The summed E-state index contributed by atoms with van der Waals surface area (Å²) in [6.07, 6.45) is 12.4. The number of morpholine rings is 1. The van der Waals surface area contributed by atoms with Crippen molar-refractivity contribution < 1.29 is 4.74 Å². The van der Waals surface area contributed by atoms with Crippen LogP contribution in [0, 0.1) is 5.92 Å². The summed E-state index contributed by atoms with van der Waals surface area (Å²) >= 11 is 0. The van der Waals surface area contributed by atoms with Gasteiger partial charge >= 0.3 is 0 Å². The van der Waals surface area contributed by atoms with E-state index in [9.17, 15) is 4.79 Å². The maximum atomic E-state index is 13.0. The predicted octanol–water partition coefficient (Wildman–Crippen LogP) is 4.95. The van der Waals surface area contributed by atoms with Crippen LogP contribution in [0.15, 0.2) is 41.3 Å². The first-order valence-electron chi connectivity index (χ1n) is 15.2. The lowest BCUT2D eigenvalue weighted by Crippen LogP contribution is -2.37. The minimum Gasteiger partial charge on any atom is -0.394 e. The zero-order valence-corrected chi connectivity index (χ0v) is 23.6.